The van der Waals surface area contributed by atoms with Crippen LogP contribution in [0.2, 0.25) is 0 Å². The predicted molar refractivity (Wildman–Crippen MR) is 131 cm³/mol. The highest BCUT2D eigenvalue weighted by Crippen LogP contribution is 2.60. The lowest BCUT2D eigenvalue weighted by Crippen LogP contribution is -2.39. The number of hydrogen-bond donors (Lipinski definition) is 0. The fourth-order valence-corrected chi connectivity index (χ4v) is 7.44. The molecule has 2 aromatic carbocycles. The van der Waals surface area contributed by atoms with Crippen LogP contribution < -0.4 is 9.47 Å². The summed E-state index contributed by atoms with van der Waals surface area (Å²) in [7, 11) is 0. The number of para-hydroxylation sites is 1. The van der Waals surface area contributed by atoms with E-state index in [1.807, 2.05) is 0 Å². The van der Waals surface area contributed by atoms with Gasteiger partial charge in [0, 0.05) is 5.56 Å². The molecule has 2 aromatic rings. The van der Waals surface area contributed by atoms with Crippen molar-refractivity contribution < 1.29 is 14.2 Å². The second kappa shape index (κ2) is 8.98. The van der Waals surface area contributed by atoms with Gasteiger partial charge < -0.3 is 14.2 Å². The maximum Gasteiger partial charge on any atom is 0.207 e. The van der Waals surface area contributed by atoms with Crippen molar-refractivity contribution in [1.82, 2.24) is 0 Å². The minimum atomic E-state index is -0.270. The molecule has 3 fully saturated rings. The quantitative estimate of drug-likeness (QED) is 0.417. The summed E-state index contributed by atoms with van der Waals surface area (Å²) in [6.45, 7) is 5.25. The third-order valence-electron chi connectivity index (χ3n) is 9.32. The summed E-state index contributed by atoms with van der Waals surface area (Å²) in [6.07, 6.45) is 9.04. The highest BCUT2D eigenvalue weighted by atomic mass is 16.7. The highest BCUT2D eigenvalue weighted by Gasteiger charge is 2.55. The molecule has 1 heterocycles. The van der Waals surface area contributed by atoms with Crippen molar-refractivity contribution in [2.24, 2.45) is 23.7 Å². The molecule has 0 amide bonds. The minimum absolute atomic E-state index is 0.197. The van der Waals surface area contributed by atoms with Crippen LogP contribution in [-0.4, -0.2) is 19.0 Å². The van der Waals surface area contributed by atoms with Crippen molar-refractivity contribution in [2.75, 3.05) is 6.61 Å². The van der Waals surface area contributed by atoms with Gasteiger partial charge in [-0.3, -0.25) is 0 Å². The molecule has 0 radical (unpaired) electrons. The number of fused-ring (bicyclic) bond motifs is 6. The third kappa shape index (κ3) is 3.97. The molecule has 3 aliphatic carbocycles. The summed E-state index contributed by atoms with van der Waals surface area (Å²) in [5.74, 6) is 6.16. The molecular formula is C30H38O3. The summed E-state index contributed by atoms with van der Waals surface area (Å²) in [5.41, 5.74) is 2.60. The first-order chi connectivity index (χ1) is 16.2. The van der Waals surface area contributed by atoms with E-state index in [1.54, 1.807) is 0 Å². The summed E-state index contributed by atoms with van der Waals surface area (Å²) < 4.78 is 19.6. The van der Waals surface area contributed by atoms with Crippen molar-refractivity contribution in [1.29, 1.82) is 0 Å². The molecular weight excluding hydrogens is 408 g/mol. The zero-order chi connectivity index (χ0) is 22.4. The summed E-state index contributed by atoms with van der Waals surface area (Å²) >= 11 is 0. The Bertz CT molecular complexity index is 953. The van der Waals surface area contributed by atoms with Gasteiger partial charge in [0.1, 0.15) is 11.5 Å². The van der Waals surface area contributed by atoms with Gasteiger partial charge in [0.05, 0.1) is 18.6 Å². The Kier molecular flexibility index (Phi) is 5.86. The van der Waals surface area contributed by atoms with E-state index in [-0.39, 0.29) is 12.2 Å². The first-order valence-electron chi connectivity index (χ1n) is 13.3. The van der Waals surface area contributed by atoms with E-state index in [1.165, 1.54) is 43.2 Å². The van der Waals surface area contributed by atoms with Gasteiger partial charge in [0.25, 0.3) is 0 Å². The van der Waals surface area contributed by atoms with Crippen molar-refractivity contribution in [3.63, 3.8) is 0 Å². The molecule has 0 N–H and O–H groups in total. The maximum absolute atomic E-state index is 6.97. The lowest BCUT2D eigenvalue weighted by atomic mass is 9.80. The van der Waals surface area contributed by atoms with E-state index in [0.717, 1.165) is 54.6 Å². The van der Waals surface area contributed by atoms with Crippen LogP contribution in [0.25, 0.3) is 0 Å². The number of benzene rings is 2. The van der Waals surface area contributed by atoms with Crippen LogP contribution in [0, 0.1) is 23.7 Å². The van der Waals surface area contributed by atoms with Crippen LogP contribution >= 0.6 is 0 Å². The molecule has 0 saturated heterocycles. The van der Waals surface area contributed by atoms with Gasteiger partial charge in [-0.25, -0.2) is 0 Å². The van der Waals surface area contributed by atoms with Gasteiger partial charge in [0.15, 0.2) is 0 Å². The minimum Gasteiger partial charge on any atom is -0.493 e. The fraction of sp³-hybridized carbons (Fsp3) is 0.600. The first-order valence-corrected chi connectivity index (χ1v) is 13.3. The van der Waals surface area contributed by atoms with Crippen LogP contribution in [0.3, 0.4) is 0 Å². The predicted octanol–water partition coefficient (Wildman–Crippen LogP) is 7.31. The number of hydrogen-bond acceptors (Lipinski definition) is 3. The van der Waals surface area contributed by atoms with Gasteiger partial charge in [-0.15, -0.1) is 0 Å². The molecule has 4 aliphatic rings. The molecule has 33 heavy (non-hydrogen) atoms. The summed E-state index contributed by atoms with van der Waals surface area (Å²) in [6, 6.07) is 17.2. The molecule has 3 nitrogen and oxygen atoms in total. The molecule has 6 rings (SSSR count). The molecule has 8 atom stereocenters. The average Bonchev–Trinajstić information content (AvgIpc) is 3.57. The monoisotopic (exact) mass is 446 g/mol. The standard InChI is InChI=1S/C30H38O3/c1-3-19(2)20-11-13-22(14-12-20)32-30(26-15-16-31-28-10-5-4-7-25(26)28)33-29-18-21-17-27(29)24-9-6-8-23(21)24/h4-5,7,10-14,19,21,23-24,26-27,29-30H,3,6,8-9,15-18H2,1-2H3. The number of rotatable bonds is 7. The Morgan fingerprint density at radius 2 is 1.76 bits per heavy atom. The lowest BCUT2D eigenvalue weighted by Gasteiger charge is -2.38. The Labute approximate surface area is 198 Å². The van der Waals surface area contributed by atoms with Gasteiger partial charge >= 0.3 is 0 Å². The number of ether oxygens (including phenoxy) is 3. The van der Waals surface area contributed by atoms with Crippen LogP contribution in [-0.2, 0) is 4.74 Å². The highest BCUT2D eigenvalue weighted by molar-refractivity contribution is 5.38. The molecule has 0 aromatic heterocycles. The molecule has 1 aliphatic heterocycles. The van der Waals surface area contributed by atoms with Crippen molar-refractivity contribution >= 4 is 0 Å². The molecule has 3 heteroatoms. The van der Waals surface area contributed by atoms with E-state index in [0.29, 0.717) is 12.0 Å². The van der Waals surface area contributed by atoms with Crippen LogP contribution in [0.4, 0.5) is 0 Å². The topological polar surface area (TPSA) is 27.7 Å². The molecule has 8 unspecified atom stereocenters. The van der Waals surface area contributed by atoms with Gasteiger partial charge in [-0.2, -0.15) is 0 Å². The maximum atomic E-state index is 6.97. The van der Waals surface area contributed by atoms with Crippen molar-refractivity contribution in [3.8, 4) is 11.5 Å². The first kappa shape index (κ1) is 21.5. The Morgan fingerprint density at radius 1 is 0.939 bits per heavy atom. The second-order valence-corrected chi connectivity index (χ2v) is 11.0. The zero-order valence-corrected chi connectivity index (χ0v) is 20.1. The van der Waals surface area contributed by atoms with Crippen LogP contribution in [0.15, 0.2) is 48.5 Å². The van der Waals surface area contributed by atoms with Gasteiger partial charge in [-0.05, 0) is 91.9 Å². The third-order valence-corrected chi connectivity index (χ3v) is 9.32. The van der Waals surface area contributed by atoms with Gasteiger partial charge in [-0.1, -0.05) is 50.6 Å². The Morgan fingerprint density at radius 3 is 2.61 bits per heavy atom. The van der Waals surface area contributed by atoms with Crippen molar-refractivity contribution in [2.45, 2.75) is 83.0 Å². The average molecular weight is 447 g/mol. The van der Waals surface area contributed by atoms with E-state index >= 15 is 0 Å². The Hall–Kier alpha value is -2.00. The normalized spacial score (nSPS) is 33.8. The van der Waals surface area contributed by atoms with E-state index in [4.69, 9.17) is 14.2 Å². The van der Waals surface area contributed by atoms with E-state index in [9.17, 15) is 0 Å². The SMILES string of the molecule is CCC(C)c1ccc(OC(OC2CC3CC2C2CCCC32)C2CCOc3ccccc32)cc1. The van der Waals surface area contributed by atoms with Crippen LogP contribution in [0.5, 0.6) is 11.5 Å². The fourth-order valence-electron chi connectivity index (χ4n) is 7.44. The van der Waals surface area contributed by atoms with Crippen molar-refractivity contribution in [3.05, 3.63) is 59.7 Å². The van der Waals surface area contributed by atoms with E-state index < -0.39 is 0 Å². The molecule has 0 spiro atoms. The van der Waals surface area contributed by atoms with Crippen LogP contribution in [0.1, 0.15) is 81.8 Å². The lowest BCUT2D eigenvalue weighted by molar-refractivity contribution is -0.157. The van der Waals surface area contributed by atoms with E-state index in [2.05, 4.69) is 62.4 Å². The molecule has 176 valence electrons. The largest absolute Gasteiger partial charge is 0.493 e. The summed E-state index contributed by atoms with van der Waals surface area (Å²) in [5, 5.41) is 0. The molecule has 3 saturated carbocycles. The summed E-state index contributed by atoms with van der Waals surface area (Å²) in [4.78, 5) is 0. The Balaban J connectivity index is 1.25. The van der Waals surface area contributed by atoms with Gasteiger partial charge in [0.2, 0.25) is 6.29 Å². The second-order valence-electron chi connectivity index (χ2n) is 11.0. The molecule has 2 bridgehead atoms. The zero-order valence-electron chi connectivity index (χ0n) is 20.1. The smallest absolute Gasteiger partial charge is 0.207 e.